The molecule has 128 valence electrons. The van der Waals surface area contributed by atoms with Crippen molar-refractivity contribution in [2.24, 2.45) is 0 Å². The molecule has 8 heteroatoms. The van der Waals surface area contributed by atoms with E-state index in [1.54, 1.807) is 31.2 Å². The maximum Gasteiger partial charge on any atom is 0.229 e. The number of halogens is 4. The van der Waals surface area contributed by atoms with E-state index in [1.807, 2.05) is 0 Å². The third-order valence-electron chi connectivity index (χ3n) is 3.27. The molecule has 0 aliphatic heterocycles. The second-order valence-corrected chi connectivity index (χ2v) is 5.95. The van der Waals surface area contributed by atoms with Crippen LogP contribution >= 0.6 is 23.2 Å². The van der Waals surface area contributed by atoms with E-state index in [2.05, 4.69) is 20.6 Å². The number of benzene rings is 2. The standard InChI is InChI=1S/C17H12Cl2F2N4/c1-9-8-14(24-16-11(20)5-3-6-12(16)21)25-17(22-9)23-13-7-2-4-10(18)15(13)19/h2-8H,1H3,(H2,22,23,24,25). The van der Waals surface area contributed by atoms with Gasteiger partial charge in [0.2, 0.25) is 5.95 Å². The molecular formula is C17H12Cl2F2N4. The van der Waals surface area contributed by atoms with Crippen molar-refractivity contribution in [3.63, 3.8) is 0 Å². The molecule has 0 unspecified atom stereocenters. The van der Waals surface area contributed by atoms with Gasteiger partial charge in [-0.2, -0.15) is 4.98 Å². The maximum absolute atomic E-state index is 13.8. The number of hydrogen-bond donors (Lipinski definition) is 2. The third-order valence-corrected chi connectivity index (χ3v) is 4.09. The Bertz CT molecular complexity index is 914. The number of aryl methyl sites for hydroxylation is 1. The number of anilines is 4. The highest BCUT2D eigenvalue weighted by molar-refractivity contribution is 6.43. The van der Waals surface area contributed by atoms with E-state index in [4.69, 9.17) is 23.2 Å². The lowest BCUT2D eigenvalue weighted by atomic mass is 10.3. The van der Waals surface area contributed by atoms with Gasteiger partial charge in [-0.25, -0.2) is 13.8 Å². The predicted octanol–water partition coefficient (Wildman–Crippen LogP) is 5.86. The smallest absolute Gasteiger partial charge is 0.229 e. The van der Waals surface area contributed by atoms with Crippen LogP contribution in [0.4, 0.5) is 31.9 Å². The molecule has 3 rings (SSSR count). The van der Waals surface area contributed by atoms with Crippen molar-refractivity contribution in [1.82, 2.24) is 9.97 Å². The van der Waals surface area contributed by atoms with Gasteiger partial charge in [0, 0.05) is 11.8 Å². The van der Waals surface area contributed by atoms with Crippen molar-refractivity contribution in [2.45, 2.75) is 6.92 Å². The van der Waals surface area contributed by atoms with Crippen LogP contribution in [0.5, 0.6) is 0 Å². The Balaban J connectivity index is 1.92. The van der Waals surface area contributed by atoms with E-state index in [0.29, 0.717) is 21.4 Å². The molecule has 0 bridgehead atoms. The number of nitrogens with one attached hydrogen (secondary N) is 2. The largest absolute Gasteiger partial charge is 0.335 e. The first-order valence-electron chi connectivity index (χ1n) is 7.22. The van der Waals surface area contributed by atoms with Crippen LogP contribution in [-0.4, -0.2) is 9.97 Å². The van der Waals surface area contributed by atoms with Gasteiger partial charge < -0.3 is 10.6 Å². The fourth-order valence-electron chi connectivity index (χ4n) is 2.15. The highest BCUT2D eigenvalue weighted by Crippen LogP contribution is 2.31. The van der Waals surface area contributed by atoms with Crippen molar-refractivity contribution in [2.75, 3.05) is 10.6 Å². The zero-order chi connectivity index (χ0) is 18.0. The van der Waals surface area contributed by atoms with Crippen LogP contribution in [0.2, 0.25) is 10.0 Å². The molecular weight excluding hydrogens is 369 g/mol. The summed E-state index contributed by atoms with van der Waals surface area (Å²) in [5, 5.41) is 6.28. The second-order valence-electron chi connectivity index (χ2n) is 5.17. The van der Waals surface area contributed by atoms with Crippen LogP contribution in [0.15, 0.2) is 42.5 Å². The molecule has 0 amide bonds. The van der Waals surface area contributed by atoms with Gasteiger partial charge in [-0.1, -0.05) is 35.3 Å². The van der Waals surface area contributed by atoms with Crippen molar-refractivity contribution < 1.29 is 8.78 Å². The number of aromatic nitrogens is 2. The lowest BCUT2D eigenvalue weighted by Crippen LogP contribution is -2.04. The predicted molar refractivity (Wildman–Crippen MR) is 96.2 cm³/mol. The molecule has 0 fully saturated rings. The number of hydrogen-bond acceptors (Lipinski definition) is 4. The van der Waals surface area contributed by atoms with E-state index in [9.17, 15) is 8.78 Å². The topological polar surface area (TPSA) is 49.8 Å². The Hall–Kier alpha value is -2.44. The van der Waals surface area contributed by atoms with Gasteiger partial charge in [-0.05, 0) is 31.2 Å². The summed E-state index contributed by atoms with van der Waals surface area (Å²) in [6.45, 7) is 1.73. The minimum absolute atomic E-state index is 0.211. The Labute approximate surface area is 152 Å². The molecule has 0 radical (unpaired) electrons. The molecule has 1 aromatic heterocycles. The van der Waals surface area contributed by atoms with Crippen LogP contribution in [-0.2, 0) is 0 Å². The Morgan fingerprint density at radius 1 is 0.920 bits per heavy atom. The summed E-state index contributed by atoms with van der Waals surface area (Å²) in [4.78, 5) is 8.44. The monoisotopic (exact) mass is 380 g/mol. The Morgan fingerprint density at radius 3 is 2.32 bits per heavy atom. The summed E-state index contributed by atoms with van der Waals surface area (Å²) in [6.07, 6.45) is 0. The molecule has 25 heavy (non-hydrogen) atoms. The lowest BCUT2D eigenvalue weighted by Gasteiger charge is -2.12. The zero-order valence-corrected chi connectivity index (χ0v) is 14.5. The van der Waals surface area contributed by atoms with Gasteiger partial charge in [0.15, 0.2) is 0 Å². The van der Waals surface area contributed by atoms with Crippen LogP contribution < -0.4 is 10.6 Å². The third kappa shape index (κ3) is 3.97. The van der Waals surface area contributed by atoms with Gasteiger partial charge >= 0.3 is 0 Å². The molecule has 2 N–H and O–H groups in total. The minimum Gasteiger partial charge on any atom is -0.335 e. The Kier molecular flexibility index (Phi) is 5.01. The van der Waals surface area contributed by atoms with Crippen LogP contribution in [0.1, 0.15) is 5.69 Å². The summed E-state index contributed by atoms with van der Waals surface area (Å²) >= 11 is 12.1. The molecule has 0 spiro atoms. The molecule has 0 saturated carbocycles. The van der Waals surface area contributed by atoms with E-state index in [0.717, 1.165) is 12.1 Å². The SMILES string of the molecule is Cc1cc(Nc2c(F)cccc2F)nc(Nc2cccc(Cl)c2Cl)n1. The van der Waals surface area contributed by atoms with Gasteiger partial charge in [0.05, 0.1) is 15.7 Å². The Morgan fingerprint density at radius 2 is 1.60 bits per heavy atom. The van der Waals surface area contributed by atoms with E-state index < -0.39 is 11.6 Å². The summed E-state index contributed by atoms with van der Waals surface area (Å²) in [6, 6.07) is 10.3. The highest BCUT2D eigenvalue weighted by Gasteiger charge is 2.12. The van der Waals surface area contributed by atoms with Crippen molar-refractivity contribution in [1.29, 1.82) is 0 Å². The van der Waals surface area contributed by atoms with Crippen LogP contribution in [0, 0.1) is 18.6 Å². The summed E-state index contributed by atoms with van der Waals surface area (Å²) in [5.74, 6) is -0.993. The van der Waals surface area contributed by atoms with Crippen LogP contribution in [0.25, 0.3) is 0 Å². The highest BCUT2D eigenvalue weighted by atomic mass is 35.5. The molecule has 0 atom stereocenters. The molecule has 4 nitrogen and oxygen atoms in total. The molecule has 3 aromatic rings. The molecule has 2 aromatic carbocycles. The summed E-state index contributed by atoms with van der Waals surface area (Å²) in [5.41, 5.74) is 0.824. The second kappa shape index (κ2) is 7.21. The number of nitrogens with zero attached hydrogens (tertiary/aromatic N) is 2. The van der Waals surface area contributed by atoms with Crippen molar-refractivity contribution in [3.8, 4) is 0 Å². The lowest BCUT2D eigenvalue weighted by molar-refractivity contribution is 0.590. The minimum atomic E-state index is -0.719. The first-order valence-corrected chi connectivity index (χ1v) is 7.97. The van der Waals surface area contributed by atoms with Gasteiger partial charge in [0.1, 0.15) is 23.1 Å². The van der Waals surface area contributed by atoms with E-state index >= 15 is 0 Å². The van der Waals surface area contributed by atoms with E-state index in [-0.39, 0.29) is 17.5 Å². The number of rotatable bonds is 4. The van der Waals surface area contributed by atoms with Gasteiger partial charge in [0.25, 0.3) is 0 Å². The average molecular weight is 381 g/mol. The average Bonchev–Trinajstić information content (AvgIpc) is 2.55. The molecule has 0 aliphatic carbocycles. The number of para-hydroxylation sites is 1. The maximum atomic E-state index is 13.8. The molecule has 1 heterocycles. The zero-order valence-electron chi connectivity index (χ0n) is 12.9. The molecule has 0 saturated heterocycles. The first kappa shape index (κ1) is 17.4. The quantitative estimate of drug-likeness (QED) is 0.595. The van der Waals surface area contributed by atoms with Crippen LogP contribution in [0.3, 0.4) is 0 Å². The first-order chi connectivity index (χ1) is 11.9. The van der Waals surface area contributed by atoms with Crippen molar-refractivity contribution >= 4 is 46.3 Å². The van der Waals surface area contributed by atoms with Gasteiger partial charge in [-0.15, -0.1) is 0 Å². The van der Waals surface area contributed by atoms with Crippen molar-refractivity contribution in [3.05, 3.63) is 69.8 Å². The summed E-state index contributed by atoms with van der Waals surface area (Å²) < 4.78 is 27.6. The fraction of sp³-hybridized carbons (Fsp3) is 0.0588. The van der Waals surface area contributed by atoms with E-state index in [1.165, 1.54) is 6.07 Å². The van der Waals surface area contributed by atoms with Gasteiger partial charge in [-0.3, -0.25) is 0 Å². The molecule has 0 aliphatic rings. The fourth-order valence-corrected chi connectivity index (χ4v) is 2.50. The summed E-state index contributed by atoms with van der Waals surface area (Å²) in [7, 11) is 0. The normalized spacial score (nSPS) is 10.6.